The third-order valence-electron chi connectivity index (χ3n) is 2.55. The SMILES string of the molecule is CC(NC(=O)CSc1ccc(C(N)=O)cc1[N+](=O)[O-])C(=O)O. The van der Waals surface area contributed by atoms with Crippen molar-refractivity contribution in [1.29, 1.82) is 0 Å². The minimum Gasteiger partial charge on any atom is -0.480 e. The summed E-state index contributed by atoms with van der Waals surface area (Å²) in [6.45, 7) is 1.30. The maximum Gasteiger partial charge on any atom is 0.325 e. The van der Waals surface area contributed by atoms with Gasteiger partial charge in [-0.05, 0) is 19.1 Å². The number of nitro groups is 1. The molecule has 1 aromatic rings. The van der Waals surface area contributed by atoms with E-state index in [1.54, 1.807) is 0 Å². The van der Waals surface area contributed by atoms with Crippen molar-refractivity contribution in [2.45, 2.75) is 17.9 Å². The molecular formula is C12H13N3O6S. The van der Waals surface area contributed by atoms with Crippen molar-refractivity contribution < 1.29 is 24.4 Å². The van der Waals surface area contributed by atoms with Crippen LogP contribution >= 0.6 is 11.8 Å². The number of nitro benzene ring substituents is 1. The Balaban J connectivity index is 2.81. The number of carbonyl (C=O) groups is 3. The summed E-state index contributed by atoms with van der Waals surface area (Å²) >= 11 is 0.859. The lowest BCUT2D eigenvalue weighted by Gasteiger charge is -2.09. The van der Waals surface area contributed by atoms with Crippen molar-refractivity contribution >= 4 is 35.2 Å². The summed E-state index contributed by atoms with van der Waals surface area (Å²) < 4.78 is 0. The number of nitrogens with two attached hydrogens (primary N) is 1. The highest BCUT2D eigenvalue weighted by atomic mass is 32.2. The summed E-state index contributed by atoms with van der Waals surface area (Å²) in [6.07, 6.45) is 0. The van der Waals surface area contributed by atoms with Crippen LogP contribution in [0.2, 0.25) is 0 Å². The molecule has 1 rings (SSSR count). The summed E-state index contributed by atoms with van der Waals surface area (Å²) in [5, 5.41) is 21.9. The average molecular weight is 327 g/mol. The monoisotopic (exact) mass is 327 g/mol. The summed E-state index contributed by atoms with van der Waals surface area (Å²) in [6, 6.07) is 2.61. The second-order valence-corrected chi connectivity index (χ2v) is 5.24. The number of amides is 2. The maximum absolute atomic E-state index is 11.5. The van der Waals surface area contributed by atoms with Gasteiger partial charge in [0.15, 0.2) is 0 Å². The highest BCUT2D eigenvalue weighted by Gasteiger charge is 2.19. The Bertz CT molecular complexity index is 633. The van der Waals surface area contributed by atoms with E-state index < -0.39 is 28.7 Å². The molecule has 0 spiro atoms. The first-order chi connectivity index (χ1) is 10.2. The molecule has 0 heterocycles. The van der Waals surface area contributed by atoms with Gasteiger partial charge in [-0.1, -0.05) is 0 Å². The standard InChI is InChI=1S/C12H13N3O6S/c1-6(12(18)19)14-10(16)5-22-9-3-2-7(11(13)17)4-8(9)15(20)21/h2-4,6H,5H2,1H3,(H2,13,17)(H,14,16)(H,18,19). The largest absolute Gasteiger partial charge is 0.480 e. The van der Waals surface area contributed by atoms with Crippen LogP contribution in [-0.2, 0) is 9.59 Å². The number of nitrogens with zero attached hydrogens (tertiary/aromatic N) is 1. The summed E-state index contributed by atoms with van der Waals surface area (Å²) in [7, 11) is 0. The average Bonchev–Trinajstić information content (AvgIpc) is 2.44. The van der Waals surface area contributed by atoms with Crippen LogP contribution in [0.5, 0.6) is 0 Å². The molecule has 1 aromatic carbocycles. The van der Waals surface area contributed by atoms with Gasteiger partial charge in [0.2, 0.25) is 11.8 Å². The molecule has 2 amide bonds. The van der Waals surface area contributed by atoms with E-state index >= 15 is 0 Å². The zero-order chi connectivity index (χ0) is 16.9. The van der Waals surface area contributed by atoms with Crippen LogP contribution in [0.25, 0.3) is 0 Å². The van der Waals surface area contributed by atoms with Crippen molar-refractivity contribution in [2.75, 3.05) is 5.75 Å². The van der Waals surface area contributed by atoms with Crippen LogP contribution in [0.4, 0.5) is 5.69 Å². The number of carbonyl (C=O) groups excluding carboxylic acids is 2. The smallest absolute Gasteiger partial charge is 0.325 e. The molecule has 0 saturated carbocycles. The van der Waals surface area contributed by atoms with E-state index in [0.717, 1.165) is 17.8 Å². The fourth-order valence-corrected chi connectivity index (χ4v) is 2.24. The minimum atomic E-state index is -1.19. The number of nitrogens with one attached hydrogen (secondary N) is 1. The summed E-state index contributed by atoms with van der Waals surface area (Å²) in [4.78, 5) is 43.6. The fourth-order valence-electron chi connectivity index (χ4n) is 1.42. The van der Waals surface area contributed by atoms with Crippen LogP contribution in [-0.4, -0.2) is 39.6 Å². The molecule has 118 valence electrons. The molecule has 9 nitrogen and oxygen atoms in total. The zero-order valence-electron chi connectivity index (χ0n) is 11.4. The number of thioether (sulfide) groups is 1. The van der Waals surface area contributed by atoms with Gasteiger partial charge in [0.25, 0.3) is 5.69 Å². The number of aliphatic carboxylic acids is 1. The number of hydrogen-bond donors (Lipinski definition) is 3. The normalized spacial score (nSPS) is 11.5. The lowest BCUT2D eigenvalue weighted by Crippen LogP contribution is -2.39. The highest BCUT2D eigenvalue weighted by Crippen LogP contribution is 2.29. The molecule has 22 heavy (non-hydrogen) atoms. The van der Waals surface area contributed by atoms with Crippen molar-refractivity contribution in [3.63, 3.8) is 0 Å². The van der Waals surface area contributed by atoms with Gasteiger partial charge in [-0.2, -0.15) is 0 Å². The van der Waals surface area contributed by atoms with Gasteiger partial charge in [0.1, 0.15) is 6.04 Å². The number of rotatable bonds is 7. The second-order valence-electron chi connectivity index (χ2n) is 4.22. The molecule has 0 bridgehead atoms. The van der Waals surface area contributed by atoms with Gasteiger partial charge in [0.05, 0.1) is 15.6 Å². The van der Waals surface area contributed by atoms with Gasteiger partial charge in [-0.3, -0.25) is 24.5 Å². The highest BCUT2D eigenvalue weighted by molar-refractivity contribution is 8.00. The molecule has 0 fully saturated rings. The van der Waals surface area contributed by atoms with Crippen LogP contribution in [0.15, 0.2) is 23.1 Å². The van der Waals surface area contributed by atoms with Crippen LogP contribution in [0, 0.1) is 10.1 Å². The number of hydrogen-bond acceptors (Lipinski definition) is 6. The lowest BCUT2D eigenvalue weighted by molar-refractivity contribution is -0.387. The van der Waals surface area contributed by atoms with E-state index in [4.69, 9.17) is 10.8 Å². The van der Waals surface area contributed by atoms with Crippen molar-refractivity contribution in [3.05, 3.63) is 33.9 Å². The Morgan fingerprint density at radius 2 is 2.09 bits per heavy atom. The number of carboxylic acids is 1. The molecule has 0 aliphatic heterocycles. The van der Waals surface area contributed by atoms with Gasteiger partial charge >= 0.3 is 5.97 Å². The molecule has 0 radical (unpaired) electrons. The molecule has 0 aromatic heterocycles. The predicted molar refractivity (Wildman–Crippen MR) is 77.6 cm³/mol. The van der Waals surface area contributed by atoms with Gasteiger partial charge < -0.3 is 16.2 Å². The Hall–Kier alpha value is -2.62. The van der Waals surface area contributed by atoms with Crippen molar-refractivity contribution in [3.8, 4) is 0 Å². The zero-order valence-corrected chi connectivity index (χ0v) is 12.3. The Morgan fingerprint density at radius 3 is 2.59 bits per heavy atom. The molecule has 0 aliphatic rings. The summed E-state index contributed by atoms with van der Waals surface area (Å²) in [5.74, 6) is -2.76. The van der Waals surface area contributed by atoms with Gasteiger partial charge in [0, 0.05) is 11.6 Å². The first-order valence-electron chi connectivity index (χ1n) is 5.95. The molecule has 0 aliphatic carbocycles. The van der Waals surface area contributed by atoms with Gasteiger partial charge in [-0.25, -0.2) is 0 Å². The van der Waals surface area contributed by atoms with E-state index in [-0.39, 0.29) is 21.9 Å². The van der Waals surface area contributed by atoms with Crippen LogP contribution in [0.3, 0.4) is 0 Å². The summed E-state index contributed by atoms with van der Waals surface area (Å²) in [5.41, 5.74) is 4.69. The Labute approximate surface area is 129 Å². The van der Waals surface area contributed by atoms with E-state index in [1.165, 1.54) is 19.1 Å². The molecular weight excluding hydrogens is 314 g/mol. The topological polar surface area (TPSA) is 153 Å². The van der Waals surface area contributed by atoms with E-state index in [2.05, 4.69) is 5.32 Å². The fraction of sp³-hybridized carbons (Fsp3) is 0.250. The third kappa shape index (κ3) is 4.74. The predicted octanol–water partition coefficient (Wildman–Crippen LogP) is 0.375. The number of primary amides is 1. The maximum atomic E-state index is 11.5. The van der Waals surface area contributed by atoms with E-state index in [1.807, 2.05) is 0 Å². The molecule has 4 N–H and O–H groups in total. The Morgan fingerprint density at radius 1 is 1.45 bits per heavy atom. The van der Waals surface area contributed by atoms with E-state index in [0.29, 0.717) is 0 Å². The van der Waals surface area contributed by atoms with Crippen molar-refractivity contribution in [2.24, 2.45) is 5.73 Å². The number of carboxylic acid groups (broad SMARTS) is 1. The molecule has 0 saturated heterocycles. The molecule has 10 heteroatoms. The first-order valence-corrected chi connectivity index (χ1v) is 6.94. The second kappa shape index (κ2) is 7.41. The van der Waals surface area contributed by atoms with Crippen molar-refractivity contribution in [1.82, 2.24) is 5.32 Å². The lowest BCUT2D eigenvalue weighted by atomic mass is 10.2. The van der Waals surface area contributed by atoms with Crippen LogP contribution in [0.1, 0.15) is 17.3 Å². The minimum absolute atomic E-state index is 0.0139. The number of benzene rings is 1. The first kappa shape index (κ1) is 17.4. The quantitative estimate of drug-likeness (QED) is 0.371. The third-order valence-corrected chi connectivity index (χ3v) is 3.61. The van der Waals surface area contributed by atoms with E-state index in [9.17, 15) is 24.5 Å². The van der Waals surface area contributed by atoms with Gasteiger partial charge in [-0.15, -0.1) is 11.8 Å². The molecule has 1 unspecified atom stereocenters. The Kier molecular flexibility index (Phi) is 5.87. The molecule has 1 atom stereocenters. The van der Waals surface area contributed by atoms with Crippen LogP contribution < -0.4 is 11.1 Å².